The van der Waals surface area contributed by atoms with E-state index in [1.54, 1.807) is 36.9 Å². The van der Waals surface area contributed by atoms with Crippen LogP contribution in [0.25, 0.3) is 10.9 Å². The van der Waals surface area contributed by atoms with E-state index in [9.17, 15) is 14.4 Å². The first-order valence-electron chi connectivity index (χ1n) is 7.92. The summed E-state index contributed by atoms with van der Waals surface area (Å²) in [6, 6.07) is 7.07. The van der Waals surface area contributed by atoms with Gasteiger partial charge in [-0.3, -0.25) is 19.0 Å². The van der Waals surface area contributed by atoms with Crippen molar-refractivity contribution in [2.24, 2.45) is 0 Å². The Morgan fingerprint density at radius 2 is 1.96 bits per heavy atom. The van der Waals surface area contributed by atoms with Crippen LogP contribution >= 0.6 is 11.8 Å². The summed E-state index contributed by atoms with van der Waals surface area (Å²) in [7, 11) is 3.26. The molecule has 2 amide bonds. The average Bonchev–Trinajstić information content (AvgIpc) is 2.57. The lowest BCUT2D eigenvalue weighted by Gasteiger charge is -2.16. The van der Waals surface area contributed by atoms with Gasteiger partial charge in [-0.15, -0.1) is 0 Å². The molecule has 134 valence electrons. The zero-order chi connectivity index (χ0) is 18.6. The molecule has 1 aromatic carbocycles. The van der Waals surface area contributed by atoms with Crippen LogP contribution in [0, 0.1) is 0 Å². The van der Waals surface area contributed by atoms with Gasteiger partial charge in [0, 0.05) is 20.1 Å². The number of fused-ring (bicyclic) bond motifs is 1. The third kappa shape index (κ3) is 4.60. The second-order valence-corrected chi connectivity index (χ2v) is 6.98. The van der Waals surface area contributed by atoms with Crippen molar-refractivity contribution < 1.29 is 9.59 Å². The molecule has 25 heavy (non-hydrogen) atoms. The first kappa shape index (κ1) is 19.0. The standard InChI is InChI=1S/C17H22N4O3S/c1-11(2)21-16(24)12-7-5-6-8-13(12)19-17(21)25-10-14(22)18-9-15(23)20(3)4/h5-8,11H,9-10H2,1-4H3,(H,18,22). The molecule has 7 nitrogen and oxygen atoms in total. The Balaban J connectivity index is 2.17. The number of aromatic nitrogens is 2. The van der Waals surface area contributed by atoms with Gasteiger partial charge in [0.1, 0.15) is 0 Å². The maximum atomic E-state index is 12.7. The number of thioether (sulfide) groups is 1. The Bertz CT molecular complexity index is 845. The van der Waals surface area contributed by atoms with Gasteiger partial charge in [-0.1, -0.05) is 23.9 Å². The Hall–Kier alpha value is -2.35. The number of benzene rings is 1. The van der Waals surface area contributed by atoms with Crippen molar-refractivity contribution in [3.63, 3.8) is 0 Å². The highest BCUT2D eigenvalue weighted by Crippen LogP contribution is 2.20. The molecule has 0 unspecified atom stereocenters. The third-order valence-electron chi connectivity index (χ3n) is 3.56. The molecule has 0 aliphatic heterocycles. The van der Waals surface area contributed by atoms with Crippen LogP contribution in [0.2, 0.25) is 0 Å². The number of rotatable bonds is 6. The summed E-state index contributed by atoms with van der Waals surface area (Å²) in [5.74, 6) is -0.378. The molecular formula is C17H22N4O3S. The van der Waals surface area contributed by atoms with Crippen LogP contribution in [0.4, 0.5) is 0 Å². The van der Waals surface area contributed by atoms with Gasteiger partial charge in [-0.05, 0) is 26.0 Å². The summed E-state index contributed by atoms with van der Waals surface area (Å²) >= 11 is 1.19. The summed E-state index contributed by atoms with van der Waals surface area (Å²) in [4.78, 5) is 42.1. The highest BCUT2D eigenvalue weighted by molar-refractivity contribution is 7.99. The van der Waals surface area contributed by atoms with E-state index in [1.165, 1.54) is 16.7 Å². The van der Waals surface area contributed by atoms with Gasteiger partial charge in [-0.2, -0.15) is 0 Å². The lowest BCUT2D eigenvalue weighted by molar-refractivity contribution is -0.130. The fraction of sp³-hybridized carbons (Fsp3) is 0.412. The second kappa shape index (κ2) is 8.15. The quantitative estimate of drug-likeness (QED) is 0.618. The van der Waals surface area contributed by atoms with Crippen molar-refractivity contribution in [3.05, 3.63) is 34.6 Å². The van der Waals surface area contributed by atoms with E-state index in [0.717, 1.165) is 0 Å². The van der Waals surface area contributed by atoms with Crippen LogP contribution in [-0.2, 0) is 9.59 Å². The minimum atomic E-state index is -0.280. The summed E-state index contributed by atoms with van der Waals surface area (Å²) in [5, 5.41) is 3.62. The number of nitrogens with zero attached hydrogens (tertiary/aromatic N) is 3. The van der Waals surface area contributed by atoms with Crippen LogP contribution in [0.3, 0.4) is 0 Å². The number of para-hydroxylation sites is 1. The molecule has 8 heteroatoms. The molecule has 0 saturated heterocycles. The number of carbonyl (C=O) groups is 2. The molecule has 1 aromatic heterocycles. The average molecular weight is 362 g/mol. The van der Waals surface area contributed by atoms with Crippen molar-refractivity contribution in [1.82, 2.24) is 19.8 Å². The number of hydrogen-bond donors (Lipinski definition) is 1. The zero-order valence-corrected chi connectivity index (χ0v) is 15.6. The van der Waals surface area contributed by atoms with Crippen molar-refractivity contribution in [2.75, 3.05) is 26.4 Å². The van der Waals surface area contributed by atoms with Gasteiger partial charge >= 0.3 is 0 Å². The predicted octanol–water partition coefficient (Wildman–Crippen LogP) is 1.27. The molecule has 0 aliphatic carbocycles. The molecule has 0 radical (unpaired) electrons. The highest BCUT2D eigenvalue weighted by Gasteiger charge is 2.15. The van der Waals surface area contributed by atoms with Gasteiger partial charge in [0.25, 0.3) is 5.56 Å². The Kier molecular flexibility index (Phi) is 6.19. The monoisotopic (exact) mass is 362 g/mol. The number of carbonyl (C=O) groups excluding carboxylic acids is 2. The minimum Gasteiger partial charge on any atom is -0.347 e. The molecule has 0 saturated carbocycles. The maximum Gasteiger partial charge on any atom is 0.262 e. The predicted molar refractivity (Wildman–Crippen MR) is 98.8 cm³/mol. The fourth-order valence-corrected chi connectivity index (χ4v) is 3.15. The minimum absolute atomic E-state index is 0.0471. The van der Waals surface area contributed by atoms with E-state index < -0.39 is 0 Å². The highest BCUT2D eigenvalue weighted by atomic mass is 32.2. The molecule has 2 rings (SSSR count). The van der Waals surface area contributed by atoms with Gasteiger partial charge in [0.05, 0.1) is 23.2 Å². The topological polar surface area (TPSA) is 84.3 Å². The maximum absolute atomic E-state index is 12.7. The van der Waals surface area contributed by atoms with Gasteiger partial charge in [0.15, 0.2) is 5.16 Å². The Morgan fingerprint density at radius 3 is 2.60 bits per heavy atom. The van der Waals surface area contributed by atoms with E-state index in [2.05, 4.69) is 10.3 Å². The van der Waals surface area contributed by atoms with Crippen LogP contribution in [0.5, 0.6) is 0 Å². The normalized spacial score (nSPS) is 10.9. The fourth-order valence-electron chi connectivity index (χ4n) is 2.20. The summed E-state index contributed by atoms with van der Waals surface area (Å²) in [5.41, 5.74) is 0.487. The van der Waals surface area contributed by atoms with E-state index >= 15 is 0 Å². The van der Waals surface area contributed by atoms with Crippen LogP contribution in [-0.4, -0.2) is 52.7 Å². The molecule has 0 aliphatic rings. The lowest BCUT2D eigenvalue weighted by Crippen LogP contribution is -2.37. The smallest absolute Gasteiger partial charge is 0.262 e. The largest absolute Gasteiger partial charge is 0.347 e. The van der Waals surface area contributed by atoms with E-state index in [0.29, 0.717) is 16.1 Å². The molecule has 0 spiro atoms. The number of likely N-dealkylation sites (N-methyl/N-ethyl adjacent to an activating group) is 1. The van der Waals surface area contributed by atoms with Gasteiger partial charge in [0.2, 0.25) is 11.8 Å². The van der Waals surface area contributed by atoms with Crippen molar-refractivity contribution in [3.8, 4) is 0 Å². The van der Waals surface area contributed by atoms with Crippen LogP contribution in [0.1, 0.15) is 19.9 Å². The van der Waals surface area contributed by atoms with E-state index in [1.807, 2.05) is 19.9 Å². The Labute approximate surface area is 150 Å². The lowest BCUT2D eigenvalue weighted by atomic mass is 10.2. The zero-order valence-electron chi connectivity index (χ0n) is 14.8. The first-order valence-corrected chi connectivity index (χ1v) is 8.90. The second-order valence-electron chi connectivity index (χ2n) is 6.03. The van der Waals surface area contributed by atoms with E-state index in [-0.39, 0.29) is 35.7 Å². The molecular weight excluding hydrogens is 340 g/mol. The third-order valence-corrected chi connectivity index (χ3v) is 4.51. The van der Waals surface area contributed by atoms with Crippen molar-refractivity contribution >= 4 is 34.5 Å². The Morgan fingerprint density at radius 1 is 1.28 bits per heavy atom. The SMILES string of the molecule is CC(C)n1c(SCC(=O)NCC(=O)N(C)C)nc2ccccc2c1=O. The molecule has 0 fully saturated rings. The van der Waals surface area contributed by atoms with Crippen LogP contribution < -0.4 is 10.9 Å². The number of nitrogens with one attached hydrogen (secondary N) is 1. The van der Waals surface area contributed by atoms with Gasteiger partial charge < -0.3 is 10.2 Å². The van der Waals surface area contributed by atoms with Crippen molar-refractivity contribution in [2.45, 2.75) is 25.0 Å². The molecule has 2 aromatic rings. The number of hydrogen-bond acceptors (Lipinski definition) is 5. The van der Waals surface area contributed by atoms with Crippen LogP contribution in [0.15, 0.2) is 34.2 Å². The summed E-state index contributed by atoms with van der Waals surface area (Å²) < 4.78 is 1.59. The number of amides is 2. The van der Waals surface area contributed by atoms with Crippen molar-refractivity contribution in [1.29, 1.82) is 0 Å². The summed E-state index contributed by atoms with van der Waals surface area (Å²) in [6.07, 6.45) is 0. The van der Waals surface area contributed by atoms with Gasteiger partial charge in [-0.25, -0.2) is 4.98 Å². The molecule has 0 atom stereocenters. The summed E-state index contributed by atoms with van der Waals surface area (Å²) in [6.45, 7) is 3.75. The van der Waals surface area contributed by atoms with E-state index in [4.69, 9.17) is 0 Å². The first-order chi connectivity index (χ1) is 11.8. The molecule has 0 bridgehead atoms. The molecule has 1 N–H and O–H groups in total. The molecule has 1 heterocycles.